The van der Waals surface area contributed by atoms with Crippen LogP contribution in [0, 0.1) is 23.7 Å². The minimum Gasteiger partial charge on any atom is -0.462 e. The van der Waals surface area contributed by atoms with E-state index in [9.17, 15) is 20.1 Å². The van der Waals surface area contributed by atoms with Gasteiger partial charge >= 0.3 is 5.97 Å². The van der Waals surface area contributed by atoms with E-state index in [1.165, 1.54) is 27.8 Å². The molecular formula is C68H94ClNO14. The quantitative estimate of drug-likeness (QED) is 0.122. The second-order valence-corrected chi connectivity index (χ2v) is 24.7. The van der Waals surface area contributed by atoms with Gasteiger partial charge in [0.2, 0.25) is 0 Å². The maximum atomic E-state index is 14.3. The second kappa shape index (κ2) is 28.8. The summed E-state index contributed by atoms with van der Waals surface area (Å²) in [5.41, 5.74) is 6.74. The lowest BCUT2D eigenvalue weighted by atomic mass is 9.71. The highest BCUT2D eigenvalue weighted by atomic mass is 35.5. The van der Waals surface area contributed by atoms with Gasteiger partial charge in [-0.3, -0.25) is 4.79 Å². The lowest BCUT2D eigenvalue weighted by molar-refractivity contribution is -0.318. The summed E-state index contributed by atoms with van der Waals surface area (Å²) in [6.45, 7) is 17.2. The standard InChI is InChI=1S/C48H72O14.C20H21N.ClH/c1-11-25(2)43-28(5)17-18-47(62-43)23-34-20-33(61-47)16-15-27(4)42(26(3)13-12-14-32-24-55-45-40(49)29(6)19-35(46(51)58-34)48(32,45)52)59-39-22-37(54-10)44(31(8)57-39)60-38-21-36(53-9)41(50)30(7)56-38;1-21(2)15-7-12-20-18-10-5-3-8-16(18)13-14-17-9-4-6-11-19(17)20;/h12-15,17-19,25-26,28,30-31,33-45,49-50,52H,11,16,20-24H2,1-10H3;3-6,8-14H,7,15H2,1-2H3;1H. The summed E-state index contributed by atoms with van der Waals surface area (Å²) >= 11 is 0. The Kier molecular flexibility index (Phi) is 22.6. The fraction of sp³-hybridized carbons (Fsp3) is 0.603. The van der Waals surface area contributed by atoms with E-state index >= 15 is 0 Å². The van der Waals surface area contributed by atoms with Crippen molar-refractivity contribution < 1.29 is 67.5 Å². The molecular weight excluding hydrogens is 1090 g/mol. The molecule has 2 aromatic rings. The molecule has 2 bridgehead atoms. The number of hydrogen-bond donors (Lipinski definition) is 3. The zero-order valence-electron chi connectivity index (χ0n) is 51.3. The Morgan fingerprint density at radius 2 is 1.48 bits per heavy atom. The molecule has 0 saturated carbocycles. The Hall–Kier alpha value is -4.14. The van der Waals surface area contributed by atoms with E-state index in [1.54, 1.807) is 40.2 Å². The van der Waals surface area contributed by atoms with Crippen LogP contribution in [0.25, 0.3) is 17.7 Å². The molecule has 4 fully saturated rings. The van der Waals surface area contributed by atoms with Crippen molar-refractivity contribution in [2.75, 3.05) is 41.5 Å². The molecule has 8 aliphatic rings. The predicted molar refractivity (Wildman–Crippen MR) is 327 cm³/mol. The van der Waals surface area contributed by atoms with Gasteiger partial charge in [0.15, 0.2) is 18.4 Å². The Morgan fingerprint density at radius 1 is 0.821 bits per heavy atom. The van der Waals surface area contributed by atoms with Gasteiger partial charge in [0.1, 0.15) is 42.0 Å². The van der Waals surface area contributed by atoms with Gasteiger partial charge in [-0.1, -0.05) is 137 Å². The van der Waals surface area contributed by atoms with Crippen LogP contribution < -0.4 is 0 Å². The molecule has 6 heterocycles. The third-order valence-corrected chi connectivity index (χ3v) is 18.4. The van der Waals surface area contributed by atoms with Crippen molar-refractivity contribution in [1.29, 1.82) is 0 Å². The number of rotatable bonds is 11. The highest BCUT2D eigenvalue weighted by molar-refractivity contribution is 5.93. The summed E-state index contributed by atoms with van der Waals surface area (Å²) in [7, 11) is 7.46. The number of methoxy groups -OCH3 is 2. The van der Waals surface area contributed by atoms with Crippen LogP contribution in [-0.2, 0) is 52.2 Å². The normalized spacial score (nSPS) is 37.9. The lowest BCUT2D eigenvalue weighted by Crippen LogP contribution is -2.58. The third kappa shape index (κ3) is 14.5. The summed E-state index contributed by atoms with van der Waals surface area (Å²) in [5, 5.41) is 34.2. The Bertz CT molecular complexity index is 2720. The number of halogens is 1. The summed E-state index contributed by atoms with van der Waals surface area (Å²) < 4.78 is 63.7. The Morgan fingerprint density at radius 3 is 2.14 bits per heavy atom. The largest absolute Gasteiger partial charge is 0.462 e. The summed E-state index contributed by atoms with van der Waals surface area (Å²) in [4.78, 5) is 16.6. The van der Waals surface area contributed by atoms with Gasteiger partial charge in [0.05, 0.1) is 49.3 Å². The highest BCUT2D eigenvalue weighted by Gasteiger charge is 2.60. The van der Waals surface area contributed by atoms with Crippen molar-refractivity contribution in [2.24, 2.45) is 23.7 Å². The summed E-state index contributed by atoms with van der Waals surface area (Å²) in [5.74, 6) is -2.56. The number of aliphatic hydroxyl groups is 3. The van der Waals surface area contributed by atoms with Crippen LogP contribution in [-0.4, -0.2) is 165 Å². The molecule has 4 saturated heterocycles. The molecule has 16 heteroatoms. The van der Waals surface area contributed by atoms with Crippen LogP contribution >= 0.6 is 12.4 Å². The van der Waals surface area contributed by atoms with Crippen LogP contribution in [0.2, 0.25) is 0 Å². The molecule has 6 aliphatic heterocycles. The smallest absolute Gasteiger partial charge is 0.316 e. The first kappa shape index (κ1) is 65.8. The molecule has 0 radical (unpaired) electrons. The first-order valence-electron chi connectivity index (χ1n) is 30.3. The van der Waals surface area contributed by atoms with Crippen LogP contribution in [0.5, 0.6) is 0 Å². The first-order valence-corrected chi connectivity index (χ1v) is 30.3. The number of nitrogens with zero attached hydrogens (tertiary/aromatic N) is 1. The number of fused-ring (bicyclic) bond motifs is 4. The van der Waals surface area contributed by atoms with Crippen molar-refractivity contribution in [1.82, 2.24) is 4.90 Å². The maximum absolute atomic E-state index is 14.3. The molecule has 0 aromatic heterocycles. The summed E-state index contributed by atoms with van der Waals surface area (Å²) in [6.07, 6.45) is 16.4. The number of carbonyl (C=O) groups is 1. The number of ether oxygens (including phenoxy) is 10. The van der Waals surface area contributed by atoms with Crippen molar-refractivity contribution in [3.63, 3.8) is 0 Å². The number of aliphatic hydroxyl groups excluding tert-OH is 2. The van der Waals surface area contributed by atoms with E-state index < -0.39 is 90.8 Å². The molecule has 2 aliphatic carbocycles. The highest BCUT2D eigenvalue weighted by Crippen LogP contribution is 2.47. The van der Waals surface area contributed by atoms with Gasteiger partial charge in [-0.25, -0.2) is 0 Å². The van der Waals surface area contributed by atoms with Gasteiger partial charge < -0.3 is 67.6 Å². The number of hydrogen-bond acceptors (Lipinski definition) is 15. The molecule has 462 valence electrons. The zero-order chi connectivity index (χ0) is 59.3. The molecule has 20 unspecified atom stereocenters. The Balaban J connectivity index is 0.000000349. The van der Waals surface area contributed by atoms with Crippen molar-refractivity contribution in [3.8, 4) is 0 Å². The predicted octanol–water partition coefficient (Wildman–Crippen LogP) is 10.4. The minimum absolute atomic E-state index is 0. The fourth-order valence-electron chi connectivity index (χ4n) is 13.3. The van der Waals surface area contributed by atoms with Crippen LogP contribution in [0.3, 0.4) is 0 Å². The van der Waals surface area contributed by atoms with E-state index in [4.69, 9.17) is 47.4 Å². The zero-order valence-corrected chi connectivity index (χ0v) is 52.2. The summed E-state index contributed by atoms with van der Waals surface area (Å²) in [6, 6.07) is 17.3. The monoisotopic (exact) mass is 1180 g/mol. The molecule has 20 atom stereocenters. The maximum Gasteiger partial charge on any atom is 0.316 e. The average Bonchev–Trinajstić information content (AvgIpc) is 1.84. The van der Waals surface area contributed by atoms with E-state index in [1.807, 2.05) is 32.1 Å². The van der Waals surface area contributed by atoms with E-state index in [0.717, 1.165) is 25.0 Å². The molecule has 10 rings (SSSR count). The number of benzene rings is 2. The lowest BCUT2D eigenvalue weighted by Gasteiger charge is -2.48. The minimum atomic E-state index is -1.84. The van der Waals surface area contributed by atoms with E-state index in [0.29, 0.717) is 43.3 Å². The van der Waals surface area contributed by atoms with Gasteiger partial charge in [-0.05, 0) is 111 Å². The molecule has 84 heavy (non-hydrogen) atoms. The van der Waals surface area contributed by atoms with Gasteiger partial charge in [-0.15, -0.1) is 12.4 Å². The number of carbonyl (C=O) groups excluding carboxylic acids is 1. The molecule has 1 spiro atoms. The molecule has 0 amide bonds. The van der Waals surface area contributed by atoms with Crippen molar-refractivity contribution in [2.45, 2.75) is 198 Å². The third-order valence-electron chi connectivity index (χ3n) is 18.4. The van der Waals surface area contributed by atoms with Crippen molar-refractivity contribution in [3.05, 3.63) is 136 Å². The van der Waals surface area contributed by atoms with Crippen LogP contribution in [0.4, 0.5) is 0 Å². The van der Waals surface area contributed by atoms with Gasteiger partial charge in [0, 0.05) is 58.3 Å². The molecule has 2 aromatic carbocycles. The number of allylic oxidation sites excluding steroid dienone is 2. The second-order valence-electron chi connectivity index (χ2n) is 24.7. The van der Waals surface area contributed by atoms with E-state index in [2.05, 4.69) is 126 Å². The van der Waals surface area contributed by atoms with Gasteiger partial charge in [-0.2, -0.15) is 0 Å². The van der Waals surface area contributed by atoms with E-state index in [-0.39, 0.29) is 55.1 Å². The fourth-order valence-corrected chi connectivity index (χ4v) is 13.3. The average molecular weight is 1180 g/mol. The number of esters is 1. The van der Waals surface area contributed by atoms with Gasteiger partial charge in [0.25, 0.3) is 0 Å². The van der Waals surface area contributed by atoms with Crippen molar-refractivity contribution >= 4 is 36.1 Å². The van der Waals surface area contributed by atoms with Crippen LogP contribution in [0.15, 0.2) is 114 Å². The molecule has 15 nitrogen and oxygen atoms in total. The Labute approximate surface area is 505 Å². The molecule has 3 N–H and O–H groups in total. The van der Waals surface area contributed by atoms with Crippen LogP contribution in [0.1, 0.15) is 123 Å². The SMILES string of the molecule is CCC(C)C1OC2(C=CC1C)CC1CC(CC=C(C)C(OC3CC(OC)C(OC4CC(OC)C(O)C(C)O4)C(C)O3)C(C)C=CC=C3COC4C(O)C(C)=CC(C(=O)O1)C34O)O2.CN(C)CCC=C1c2ccccc2C=Cc2ccccc21.Cl. The first-order chi connectivity index (χ1) is 39.8. The topological polar surface area (TPSA) is 173 Å².